The van der Waals surface area contributed by atoms with Gasteiger partial charge in [0, 0.05) is 30.9 Å². The standard InChI is InChI=1S/C17H27N3O/c1-2-11-21-17-12-14(5-6-16(17)18)20-10-7-15(13-20)19-8-3-4-9-19/h5-6,12,15H,2-4,7-11,13,18H2,1H3. The Hall–Kier alpha value is -1.42. The molecule has 0 radical (unpaired) electrons. The van der Waals surface area contributed by atoms with E-state index in [1.165, 1.54) is 38.0 Å². The molecular weight excluding hydrogens is 262 g/mol. The molecule has 1 atom stereocenters. The second kappa shape index (κ2) is 6.56. The molecule has 21 heavy (non-hydrogen) atoms. The quantitative estimate of drug-likeness (QED) is 0.846. The zero-order valence-corrected chi connectivity index (χ0v) is 13.1. The molecule has 0 bridgehead atoms. The van der Waals surface area contributed by atoms with Crippen LogP contribution < -0.4 is 15.4 Å². The van der Waals surface area contributed by atoms with Crippen molar-refractivity contribution in [2.75, 3.05) is 43.4 Å². The van der Waals surface area contributed by atoms with Gasteiger partial charge in [-0.2, -0.15) is 0 Å². The lowest BCUT2D eigenvalue weighted by Crippen LogP contribution is -2.35. The van der Waals surface area contributed by atoms with Gasteiger partial charge in [0.2, 0.25) is 0 Å². The van der Waals surface area contributed by atoms with Gasteiger partial charge in [0.05, 0.1) is 12.3 Å². The molecule has 2 aliphatic rings. The lowest BCUT2D eigenvalue weighted by Gasteiger charge is -2.25. The molecule has 0 aliphatic carbocycles. The molecule has 2 saturated heterocycles. The van der Waals surface area contributed by atoms with E-state index in [2.05, 4.69) is 28.9 Å². The Kier molecular flexibility index (Phi) is 4.54. The minimum atomic E-state index is 0.726. The van der Waals surface area contributed by atoms with Crippen LogP contribution in [0.5, 0.6) is 5.75 Å². The van der Waals surface area contributed by atoms with Crippen molar-refractivity contribution in [3.8, 4) is 5.75 Å². The summed E-state index contributed by atoms with van der Waals surface area (Å²) < 4.78 is 5.75. The van der Waals surface area contributed by atoms with E-state index >= 15 is 0 Å². The predicted octanol–water partition coefficient (Wildman–Crippen LogP) is 2.73. The van der Waals surface area contributed by atoms with Crippen LogP contribution in [0, 0.1) is 0 Å². The van der Waals surface area contributed by atoms with Gasteiger partial charge in [-0.25, -0.2) is 0 Å². The zero-order valence-electron chi connectivity index (χ0n) is 13.1. The number of benzene rings is 1. The first-order valence-electron chi connectivity index (χ1n) is 8.29. The number of hydrogen-bond donors (Lipinski definition) is 1. The fraction of sp³-hybridized carbons (Fsp3) is 0.647. The smallest absolute Gasteiger partial charge is 0.144 e. The van der Waals surface area contributed by atoms with E-state index in [1.54, 1.807) is 0 Å². The summed E-state index contributed by atoms with van der Waals surface area (Å²) in [5.41, 5.74) is 7.99. The first kappa shape index (κ1) is 14.5. The van der Waals surface area contributed by atoms with Gasteiger partial charge in [0.15, 0.2) is 0 Å². The van der Waals surface area contributed by atoms with Gasteiger partial charge < -0.3 is 15.4 Å². The first-order chi connectivity index (χ1) is 10.3. The van der Waals surface area contributed by atoms with Crippen LogP contribution in [0.3, 0.4) is 0 Å². The van der Waals surface area contributed by atoms with Gasteiger partial charge >= 0.3 is 0 Å². The Bertz CT molecular complexity index is 471. The molecule has 2 fully saturated rings. The van der Waals surface area contributed by atoms with Crippen LogP contribution in [0.25, 0.3) is 0 Å². The van der Waals surface area contributed by atoms with Crippen molar-refractivity contribution < 1.29 is 4.74 Å². The fourth-order valence-corrected chi connectivity index (χ4v) is 3.44. The lowest BCUT2D eigenvalue weighted by molar-refractivity contribution is 0.260. The van der Waals surface area contributed by atoms with E-state index in [1.807, 2.05) is 6.07 Å². The van der Waals surface area contributed by atoms with Gasteiger partial charge in [-0.1, -0.05) is 6.92 Å². The monoisotopic (exact) mass is 289 g/mol. The van der Waals surface area contributed by atoms with E-state index in [9.17, 15) is 0 Å². The lowest BCUT2D eigenvalue weighted by atomic mass is 10.2. The number of likely N-dealkylation sites (tertiary alicyclic amines) is 1. The number of nitrogens with zero attached hydrogens (tertiary/aromatic N) is 2. The number of ether oxygens (including phenoxy) is 1. The van der Waals surface area contributed by atoms with Crippen molar-refractivity contribution >= 4 is 11.4 Å². The summed E-state index contributed by atoms with van der Waals surface area (Å²) in [7, 11) is 0. The third kappa shape index (κ3) is 3.26. The van der Waals surface area contributed by atoms with E-state index in [0.29, 0.717) is 0 Å². The maximum Gasteiger partial charge on any atom is 0.144 e. The highest BCUT2D eigenvalue weighted by atomic mass is 16.5. The van der Waals surface area contributed by atoms with Crippen molar-refractivity contribution in [2.24, 2.45) is 0 Å². The third-order valence-electron chi connectivity index (χ3n) is 4.64. The van der Waals surface area contributed by atoms with Crippen molar-refractivity contribution in [1.82, 2.24) is 4.90 Å². The predicted molar refractivity (Wildman–Crippen MR) is 88.1 cm³/mol. The van der Waals surface area contributed by atoms with Crippen molar-refractivity contribution in [2.45, 2.75) is 38.6 Å². The Morgan fingerprint density at radius 1 is 1.24 bits per heavy atom. The van der Waals surface area contributed by atoms with Gasteiger partial charge in [-0.05, 0) is 50.9 Å². The molecule has 2 heterocycles. The minimum absolute atomic E-state index is 0.726. The van der Waals surface area contributed by atoms with Crippen molar-refractivity contribution in [3.63, 3.8) is 0 Å². The molecule has 0 saturated carbocycles. The van der Waals surface area contributed by atoms with Crippen molar-refractivity contribution in [3.05, 3.63) is 18.2 Å². The van der Waals surface area contributed by atoms with Gasteiger partial charge in [0.25, 0.3) is 0 Å². The van der Waals surface area contributed by atoms with Crippen LogP contribution in [-0.4, -0.2) is 43.7 Å². The van der Waals surface area contributed by atoms with Crippen molar-refractivity contribution in [1.29, 1.82) is 0 Å². The molecule has 0 spiro atoms. The number of rotatable bonds is 5. The summed E-state index contributed by atoms with van der Waals surface area (Å²) in [6.45, 7) is 7.68. The molecule has 2 N–H and O–H groups in total. The van der Waals surface area contributed by atoms with Gasteiger partial charge in [0.1, 0.15) is 5.75 Å². The highest BCUT2D eigenvalue weighted by Crippen LogP contribution is 2.31. The molecule has 1 aromatic carbocycles. The molecular formula is C17H27N3O. The molecule has 4 heteroatoms. The minimum Gasteiger partial charge on any atom is -0.491 e. The maximum atomic E-state index is 6.00. The zero-order chi connectivity index (χ0) is 14.7. The molecule has 0 amide bonds. The molecule has 3 rings (SSSR count). The molecule has 0 aromatic heterocycles. The molecule has 4 nitrogen and oxygen atoms in total. The summed E-state index contributed by atoms with van der Waals surface area (Å²) in [6, 6.07) is 6.94. The second-order valence-electron chi connectivity index (χ2n) is 6.20. The first-order valence-corrected chi connectivity index (χ1v) is 8.29. The van der Waals surface area contributed by atoms with Crippen LogP contribution in [-0.2, 0) is 0 Å². The number of hydrogen-bond acceptors (Lipinski definition) is 4. The summed E-state index contributed by atoms with van der Waals surface area (Å²) in [5.74, 6) is 0.832. The highest BCUT2D eigenvalue weighted by Gasteiger charge is 2.29. The maximum absolute atomic E-state index is 6.00. The van der Waals surface area contributed by atoms with E-state index in [0.717, 1.165) is 43.6 Å². The average molecular weight is 289 g/mol. The number of nitrogens with two attached hydrogens (primary N) is 1. The van der Waals surface area contributed by atoms with Crippen LogP contribution in [0.4, 0.5) is 11.4 Å². The average Bonchev–Trinajstić information content (AvgIpc) is 3.17. The Balaban J connectivity index is 1.66. The molecule has 116 valence electrons. The van der Waals surface area contributed by atoms with Crippen LogP contribution in [0.1, 0.15) is 32.6 Å². The highest BCUT2D eigenvalue weighted by molar-refractivity contribution is 5.62. The van der Waals surface area contributed by atoms with Crippen LogP contribution in [0.15, 0.2) is 18.2 Å². The summed E-state index contributed by atoms with van der Waals surface area (Å²) in [4.78, 5) is 5.13. The Morgan fingerprint density at radius 2 is 2.05 bits per heavy atom. The van der Waals surface area contributed by atoms with E-state index in [-0.39, 0.29) is 0 Å². The van der Waals surface area contributed by atoms with Crippen LogP contribution in [0.2, 0.25) is 0 Å². The topological polar surface area (TPSA) is 41.7 Å². The normalized spacial score (nSPS) is 22.9. The van der Waals surface area contributed by atoms with E-state index in [4.69, 9.17) is 10.5 Å². The SMILES string of the molecule is CCCOc1cc(N2CCC(N3CCCC3)C2)ccc1N. The van der Waals surface area contributed by atoms with Gasteiger partial charge in [-0.15, -0.1) is 0 Å². The Labute approximate surface area is 127 Å². The third-order valence-corrected chi connectivity index (χ3v) is 4.64. The fourth-order valence-electron chi connectivity index (χ4n) is 3.44. The Morgan fingerprint density at radius 3 is 2.81 bits per heavy atom. The molecule has 1 unspecified atom stereocenters. The summed E-state index contributed by atoms with van der Waals surface area (Å²) in [6.07, 6.45) is 5.01. The molecule has 1 aromatic rings. The number of anilines is 2. The summed E-state index contributed by atoms with van der Waals surface area (Å²) in [5, 5.41) is 0. The summed E-state index contributed by atoms with van der Waals surface area (Å²) >= 11 is 0. The number of nitrogen functional groups attached to an aromatic ring is 1. The largest absolute Gasteiger partial charge is 0.491 e. The second-order valence-corrected chi connectivity index (χ2v) is 6.20. The molecule has 2 aliphatic heterocycles. The van der Waals surface area contributed by atoms with Crippen LogP contribution >= 0.6 is 0 Å². The van der Waals surface area contributed by atoms with E-state index < -0.39 is 0 Å². The van der Waals surface area contributed by atoms with Gasteiger partial charge in [-0.3, -0.25) is 4.90 Å².